The quantitative estimate of drug-likeness (QED) is 0.670. The van der Waals surface area contributed by atoms with Crippen molar-refractivity contribution in [1.82, 2.24) is 0 Å². The first-order chi connectivity index (χ1) is 6.54. The summed E-state index contributed by atoms with van der Waals surface area (Å²) in [5, 5.41) is 0. The molecule has 1 heteroatoms. The summed E-state index contributed by atoms with van der Waals surface area (Å²) in [5.41, 5.74) is 0.658. The Kier molecular flexibility index (Phi) is 2.42. The van der Waals surface area contributed by atoms with Gasteiger partial charge in [-0.05, 0) is 42.9 Å². The van der Waals surface area contributed by atoms with Crippen LogP contribution >= 0.6 is 0 Å². The maximum Gasteiger partial charge on any atom is 0.0764 e. The third kappa shape index (κ3) is 1.11. The molecule has 0 saturated heterocycles. The molecule has 3 unspecified atom stereocenters. The Morgan fingerprint density at radius 1 is 1.29 bits per heavy atom. The van der Waals surface area contributed by atoms with Crippen LogP contribution in [0.25, 0.3) is 0 Å². The van der Waals surface area contributed by atoms with Gasteiger partial charge in [0.15, 0.2) is 0 Å². The highest BCUT2D eigenvalue weighted by Crippen LogP contribution is 2.65. The summed E-state index contributed by atoms with van der Waals surface area (Å²) < 4.78 is 6.21. The van der Waals surface area contributed by atoms with Crippen molar-refractivity contribution in [3.8, 4) is 0 Å². The first-order valence-electron chi connectivity index (χ1n) is 6.18. The molecule has 14 heavy (non-hydrogen) atoms. The average molecular weight is 196 g/mol. The van der Waals surface area contributed by atoms with Crippen molar-refractivity contribution in [2.75, 3.05) is 6.61 Å². The minimum atomic E-state index is 0.228. The van der Waals surface area contributed by atoms with Gasteiger partial charge in [-0.3, -0.25) is 0 Å². The zero-order chi connectivity index (χ0) is 10.4. The van der Waals surface area contributed by atoms with Crippen LogP contribution in [0.1, 0.15) is 53.4 Å². The first kappa shape index (κ1) is 10.5. The predicted molar refractivity (Wildman–Crippen MR) is 59.3 cm³/mol. The molecular formula is C13H24O. The van der Waals surface area contributed by atoms with Crippen molar-refractivity contribution < 1.29 is 4.74 Å². The van der Waals surface area contributed by atoms with Gasteiger partial charge in [-0.25, -0.2) is 0 Å². The maximum atomic E-state index is 6.21. The van der Waals surface area contributed by atoms with Gasteiger partial charge in [0.05, 0.1) is 5.60 Å². The topological polar surface area (TPSA) is 9.23 Å². The molecule has 0 radical (unpaired) electrons. The Balaban J connectivity index is 2.14. The van der Waals surface area contributed by atoms with E-state index in [-0.39, 0.29) is 5.60 Å². The van der Waals surface area contributed by atoms with Gasteiger partial charge in [0, 0.05) is 6.61 Å². The lowest BCUT2D eigenvalue weighted by atomic mass is 9.42. The minimum Gasteiger partial charge on any atom is -0.374 e. The second kappa shape index (κ2) is 3.23. The second-order valence-electron chi connectivity index (χ2n) is 5.84. The normalized spacial score (nSPS) is 44.6. The third-order valence-corrected chi connectivity index (χ3v) is 4.97. The largest absolute Gasteiger partial charge is 0.374 e. The summed E-state index contributed by atoms with van der Waals surface area (Å²) in [6, 6.07) is 0. The number of rotatable bonds is 3. The minimum absolute atomic E-state index is 0.228. The van der Waals surface area contributed by atoms with E-state index in [4.69, 9.17) is 4.74 Å². The van der Waals surface area contributed by atoms with Crippen molar-refractivity contribution in [3.05, 3.63) is 0 Å². The van der Waals surface area contributed by atoms with E-state index in [1.807, 2.05) is 0 Å². The monoisotopic (exact) mass is 196 g/mol. The van der Waals surface area contributed by atoms with E-state index in [1.54, 1.807) is 0 Å². The highest BCUT2D eigenvalue weighted by atomic mass is 16.5. The van der Waals surface area contributed by atoms with Gasteiger partial charge in [0.25, 0.3) is 0 Å². The fraction of sp³-hybridized carbons (Fsp3) is 1.00. The Morgan fingerprint density at radius 2 is 2.00 bits per heavy atom. The molecule has 0 aromatic carbocycles. The highest BCUT2D eigenvalue weighted by Gasteiger charge is 2.65. The molecule has 0 aromatic rings. The van der Waals surface area contributed by atoms with Crippen LogP contribution in [-0.2, 0) is 4.74 Å². The van der Waals surface area contributed by atoms with Crippen LogP contribution in [0.15, 0.2) is 0 Å². The Hall–Kier alpha value is -0.0400. The molecular weight excluding hydrogens is 172 g/mol. The third-order valence-electron chi connectivity index (χ3n) is 4.97. The molecule has 2 bridgehead atoms. The average Bonchev–Trinajstić information content (AvgIpc) is 2.15. The fourth-order valence-corrected chi connectivity index (χ4v) is 3.75. The Morgan fingerprint density at radius 3 is 2.50 bits per heavy atom. The highest BCUT2D eigenvalue weighted by molar-refractivity contribution is 5.15. The predicted octanol–water partition coefficient (Wildman–Crippen LogP) is 3.63. The molecule has 3 atom stereocenters. The van der Waals surface area contributed by atoms with Crippen molar-refractivity contribution >= 4 is 0 Å². The van der Waals surface area contributed by atoms with E-state index >= 15 is 0 Å². The summed E-state index contributed by atoms with van der Waals surface area (Å²) in [7, 11) is 0. The van der Waals surface area contributed by atoms with E-state index in [1.165, 1.54) is 19.3 Å². The van der Waals surface area contributed by atoms with E-state index in [0.717, 1.165) is 24.9 Å². The Bertz CT molecular complexity index is 221. The molecule has 3 aliphatic carbocycles. The van der Waals surface area contributed by atoms with Crippen LogP contribution in [0.5, 0.6) is 0 Å². The van der Waals surface area contributed by atoms with Crippen LogP contribution in [0.3, 0.4) is 0 Å². The summed E-state index contributed by atoms with van der Waals surface area (Å²) in [5.74, 6) is 1.68. The maximum absolute atomic E-state index is 6.21. The first-order valence-corrected chi connectivity index (χ1v) is 6.18. The van der Waals surface area contributed by atoms with Gasteiger partial charge in [0.2, 0.25) is 0 Å². The number of hydrogen-bond acceptors (Lipinski definition) is 1. The number of fused-ring (bicyclic) bond motifs is 2. The summed E-state index contributed by atoms with van der Waals surface area (Å²) in [4.78, 5) is 0. The molecule has 1 nitrogen and oxygen atoms in total. The molecule has 0 spiro atoms. The van der Waals surface area contributed by atoms with E-state index in [2.05, 4.69) is 27.7 Å². The lowest BCUT2D eigenvalue weighted by Gasteiger charge is -2.67. The van der Waals surface area contributed by atoms with Crippen molar-refractivity contribution in [3.63, 3.8) is 0 Å². The molecule has 3 rings (SSSR count). The molecule has 0 heterocycles. The molecule has 0 amide bonds. The van der Waals surface area contributed by atoms with Crippen molar-refractivity contribution in [2.24, 2.45) is 17.3 Å². The van der Waals surface area contributed by atoms with Crippen LogP contribution in [0.2, 0.25) is 0 Å². The molecule has 3 aliphatic rings. The van der Waals surface area contributed by atoms with Crippen molar-refractivity contribution in [2.45, 2.75) is 59.0 Å². The van der Waals surface area contributed by atoms with Crippen LogP contribution in [-0.4, -0.2) is 12.2 Å². The molecule has 3 fully saturated rings. The van der Waals surface area contributed by atoms with E-state index in [9.17, 15) is 0 Å². The van der Waals surface area contributed by atoms with Crippen LogP contribution in [0.4, 0.5) is 0 Å². The SMILES string of the molecule is CCCOC12CC(CCC1C)C2(C)C. The van der Waals surface area contributed by atoms with Crippen LogP contribution < -0.4 is 0 Å². The van der Waals surface area contributed by atoms with Crippen molar-refractivity contribution in [1.29, 1.82) is 0 Å². The fourth-order valence-electron chi connectivity index (χ4n) is 3.75. The van der Waals surface area contributed by atoms with E-state index < -0.39 is 0 Å². The molecule has 0 aliphatic heterocycles. The molecule has 0 N–H and O–H groups in total. The van der Waals surface area contributed by atoms with Gasteiger partial charge in [-0.15, -0.1) is 0 Å². The molecule has 3 saturated carbocycles. The zero-order valence-electron chi connectivity index (χ0n) is 10.1. The lowest BCUT2D eigenvalue weighted by molar-refractivity contribution is -0.278. The van der Waals surface area contributed by atoms with E-state index in [0.29, 0.717) is 5.41 Å². The lowest BCUT2D eigenvalue weighted by Crippen LogP contribution is -2.68. The summed E-state index contributed by atoms with van der Waals surface area (Å²) >= 11 is 0. The van der Waals surface area contributed by atoms with Gasteiger partial charge in [-0.2, -0.15) is 0 Å². The summed E-state index contributed by atoms with van der Waals surface area (Å²) in [6.45, 7) is 10.3. The van der Waals surface area contributed by atoms with Gasteiger partial charge >= 0.3 is 0 Å². The Labute approximate surface area is 88.2 Å². The molecule has 82 valence electrons. The number of ether oxygens (including phenoxy) is 1. The summed E-state index contributed by atoms with van der Waals surface area (Å²) in [6.07, 6.45) is 5.26. The standard InChI is InChI=1S/C13H24O/c1-5-8-14-13-9-11(12(13,3)4)7-6-10(13)2/h10-11H,5-9H2,1-4H3. The smallest absolute Gasteiger partial charge is 0.0764 e. The zero-order valence-corrected chi connectivity index (χ0v) is 10.1. The van der Waals surface area contributed by atoms with Gasteiger partial charge < -0.3 is 4.74 Å². The second-order valence-corrected chi connectivity index (χ2v) is 5.84. The van der Waals surface area contributed by atoms with Crippen LogP contribution in [0, 0.1) is 17.3 Å². The van der Waals surface area contributed by atoms with Gasteiger partial charge in [0.1, 0.15) is 0 Å². The number of hydrogen-bond donors (Lipinski definition) is 0. The van der Waals surface area contributed by atoms with Gasteiger partial charge in [-0.1, -0.05) is 27.7 Å². The molecule has 0 aromatic heterocycles.